The van der Waals surface area contributed by atoms with Gasteiger partial charge in [-0.2, -0.15) is 0 Å². The van der Waals surface area contributed by atoms with Gasteiger partial charge in [0.05, 0.1) is 12.7 Å². The summed E-state index contributed by atoms with van der Waals surface area (Å²) in [7, 11) is 0. The fourth-order valence-electron chi connectivity index (χ4n) is 5.63. The average molecular weight is 334 g/mol. The minimum absolute atomic E-state index is 0.0189. The van der Waals surface area contributed by atoms with E-state index in [0.29, 0.717) is 12.5 Å². The predicted molar refractivity (Wildman–Crippen MR) is 92.2 cm³/mol. The highest BCUT2D eigenvalue weighted by molar-refractivity contribution is 5.90. The maximum absolute atomic E-state index is 11.7. The Labute approximate surface area is 144 Å². The van der Waals surface area contributed by atoms with Crippen LogP contribution in [0.25, 0.3) is 0 Å². The Morgan fingerprint density at radius 2 is 2.12 bits per heavy atom. The molecule has 0 aromatic carbocycles. The Bertz CT molecular complexity index is 566. The third-order valence-electron chi connectivity index (χ3n) is 7.20. The SMILES string of the molecule is C=C1CC[C@H]2[C@](C)(CO)[C@H](O)CC[C@@]2(C)[C@@H]1CCC1=CCOC1=O. The molecule has 0 radical (unpaired) electrons. The molecular formula is C20H30O4. The molecule has 4 heteroatoms. The van der Waals surface area contributed by atoms with Crippen molar-refractivity contribution >= 4 is 5.97 Å². The summed E-state index contributed by atoms with van der Waals surface area (Å²) < 4.78 is 5.01. The van der Waals surface area contributed by atoms with Gasteiger partial charge in [-0.1, -0.05) is 26.0 Å². The lowest BCUT2D eigenvalue weighted by Crippen LogP contribution is -2.57. The van der Waals surface area contributed by atoms with E-state index < -0.39 is 11.5 Å². The van der Waals surface area contributed by atoms with Gasteiger partial charge in [-0.25, -0.2) is 4.79 Å². The lowest BCUT2D eigenvalue weighted by atomic mass is 9.46. The highest BCUT2D eigenvalue weighted by Crippen LogP contribution is 2.61. The topological polar surface area (TPSA) is 66.8 Å². The van der Waals surface area contributed by atoms with E-state index in [1.165, 1.54) is 5.57 Å². The van der Waals surface area contributed by atoms with Crippen molar-refractivity contribution in [3.63, 3.8) is 0 Å². The van der Waals surface area contributed by atoms with Gasteiger partial charge in [-0.15, -0.1) is 0 Å². The Kier molecular flexibility index (Phi) is 4.65. The van der Waals surface area contributed by atoms with E-state index in [9.17, 15) is 15.0 Å². The Balaban J connectivity index is 1.83. The van der Waals surface area contributed by atoms with Crippen molar-refractivity contribution in [2.75, 3.05) is 13.2 Å². The summed E-state index contributed by atoms with van der Waals surface area (Å²) in [5, 5.41) is 20.5. The largest absolute Gasteiger partial charge is 0.458 e. The van der Waals surface area contributed by atoms with Crippen molar-refractivity contribution in [2.24, 2.45) is 22.7 Å². The van der Waals surface area contributed by atoms with Crippen molar-refractivity contribution in [1.29, 1.82) is 0 Å². The van der Waals surface area contributed by atoms with Crippen molar-refractivity contribution in [2.45, 2.75) is 58.5 Å². The fourth-order valence-corrected chi connectivity index (χ4v) is 5.63. The molecular weight excluding hydrogens is 304 g/mol. The molecule has 0 aromatic heterocycles. The molecule has 2 aliphatic carbocycles. The average Bonchev–Trinajstić information content (AvgIpc) is 2.96. The number of carbonyl (C=O) groups excluding carboxylic acids is 1. The summed E-state index contributed by atoms with van der Waals surface area (Å²) in [5.74, 6) is 0.417. The van der Waals surface area contributed by atoms with Crippen LogP contribution in [0.1, 0.15) is 52.4 Å². The van der Waals surface area contributed by atoms with Crippen LogP contribution in [0.5, 0.6) is 0 Å². The van der Waals surface area contributed by atoms with E-state index in [-0.39, 0.29) is 23.9 Å². The van der Waals surface area contributed by atoms with Gasteiger partial charge in [0, 0.05) is 11.0 Å². The Hall–Kier alpha value is -1.13. The van der Waals surface area contributed by atoms with Crippen LogP contribution in [0.2, 0.25) is 0 Å². The molecule has 2 N–H and O–H groups in total. The van der Waals surface area contributed by atoms with Crippen LogP contribution in [0.3, 0.4) is 0 Å². The molecule has 3 aliphatic rings. The van der Waals surface area contributed by atoms with E-state index in [2.05, 4.69) is 13.5 Å². The summed E-state index contributed by atoms with van der Waals surface area (Å²) >= 11 is 0. The Morgan fingerprint density at radius 1 is 1.38 bits per heavy atom. The zero-order valence-electron chi connectivity index (χ0n) is 14.9. The molecule has 24 heavy (non-hydrogen) atoms. The number of aliphatic hydroxyl groups is 2. The minimum atomic E-state index is -0.447. The number of allylic oxidation sites excluding steroid dienone is 1. The maximum Gasteiger partial charge on any atom is 0.334 e. The second-order valence-corrected chi connectivity index (χ2v) is 8.39. The zero-order chi connectivity index (χ0) is 17.5. The van der Waals surface area contributed by atoms with Gasteiger partial charge in [-0.3, -0.25) is 0 Å². The standard InChI is InChI=1S/C20H30O4/c1-13-4-7-16-19(2,10-8-17(22)20(16,3)12-21)15(13)6-5-14-9-11-24-18(14)23/h9,15-17,21-22H,1,4-8,10-12H2,2-3H3/t15-,16-,17-,19+,20+/m1/s1. The third-order valence-corrected chi connectivity index (χ3v) is 7.20. The van der Waals surface area contributed by atoms with E-state index >= 15 is 0 Å². The molecule has 2 fully saturated rings. The van der Waals surface area contributed by atoms with E-state index in [4.69, 9.17) is 4.74 Å². The van der Waals surface area contributed by atoms with Crippen LogP contribution in [0.4, 0.5) is 0 Å². The van der Waals surface area contributed by atoms with Crippen molar-refractivity contribution in [1.82, 2.24) is 0 Å². The number of aliphatic hydroxyl groups excluding tert-OH is 2. The quantitative estimate of drug-likeness (QED) is 0.613. The summed E-state index contributed by atoms with van der Waals surface area (Å²) in [4.78, 5) is 11.7. The van der Waals surface area contributed by atoms with Crippen LogP contribution < -0.4 is 0 Å². The van der Waals surface area contributed by atoms with Crippen LogP contribution in [-0.2, 0) is 9.53 Å². The smallest absolute Gasteiger partial charge is 0.334 e. The highest BCUT2D eigenvalue weighted by atomic mass is 16.5. The molecule has 134 valence electrons. The lowest BCUT2D eigenvalue weighted by molar-refractivity contribution is -0.152. The van der Waals surface area contributed by atoms with Crippen molar-refractivity contribution in [3.8, 4) is 0 Å². The van der Waals surface area contributed by atoms with Crippen LogP contribution in [0.15, 0.2) is 23.8 Å². The number of ether oxygens (including phenoxy) is 1. The molecule has 0 bridgehead atoms. The molecule has 2 saturated carbocycles. The molecule has 3 rings (SSSR count). The molecule has 0 saturated heterocycles. The first-order valence-electron chi connectivity index (χ1n) is 9.15. The van der Waals surface area contributed by atoms with Crippen molar-refractivity contribution < 1.29 is 19.7 Å². The van der Waals surface area contributed by atoms with Gasteiger partial charge in [0.15, 0.2) is 0 Å². The normalized spacial score (nSPS) is 42.5. The van der Waals surface area contributed by atoms with Gasteiger partial charge in [-0.05, 0) is 61.9 Å². The molecule has 0 amide bonds. The molecule has 1 aliphatic heterocycles. The van der Waals surface area contributed by atoms with Crippen LogP contribution in [0, 0.1) is 22.7 Å². The zero-order valence-corrected chi connectivity index (χ0v) is 14.9. The monoisotopic (exact) mass is 334 g/mol. The van der Waals surface area contributed by atoms with Gasteiger partial charge >= 0.3 is 5.97 Å². The Morgan fingerprint density at radius 3 is 2.75 bits per heavy atom. The number of rotatable bonds is 4. The number of esters is 1. The van der Waals surface area contributed by atoms with Gasteiger partial charge in [0.1, 0.15) is 6.61 Å². The number of carbonyl (C=O) groups is 1. The first-order chi connectivity index (χ1) is 11.3. The van der Waals surface area contributed by atoms with Gasteiger partial charge in [0.25, 0.3) is 0 Å². The van der Waals surface area contributed by atoms with Gasteiger partial charge < -0.3 is 14.9 Å². The number of hydrogen-bond acceptors (Lipinski definition) is 4. The molecule has 1 heterocycles. The van der Waals surface area contributed by atoms with E-state index in [1.54, 1.807) is 0 Å². The molecule has 5 atom stereocenters. The second kappa shape index (κ2) is 6.30. The molecule has 0 unspecified atom stereocenters. The molecule has 0 spiro atoms. The van der Waals surface area contributed by atoms with Gasteiger partial charge in [0.2, 0.25) is 0 Å². The molecule has 0 aromatic rings. The van der Waals surface area contributed by atoms with E-state index in [1.807, 2.05) is 13.0 Å². The highest BCUT2D eigenvalue weighted by Gasteiger charge is 2.57. The maximum atomic E-state index is 11.7. The van der Waals surface area contributed by atoms with Crippen LogP contribution >= 0.6 is 0 Å². The number of hydrogen-bond donors (Lipinski definition) is 2. The summed E-state index contributed by atoms with van der Waals surface area (Å²) in [6, 6.07) is 0. The predicted octanol–water partition coefficient (Wildman–Crippen LogP) is 2.99. The minimum Gasteiger partial charge on any atom is -0.458 e. The number of cyclic esters (lactones) is 1. The first kappa shape index (κ1) is 17.7. The lowest BCUT2D eigenvalue weighted by Gasteiger charge is -2.60. The molecule has 4 nitrogen and oxygen atoms in total. The fraction of sp³-hybridized carbons (Fsp3) is 0.750. The number of fused-ring (bicyclic) bond motifs is 1. The first-order valence-corrected chi connectivity index (χ1v) is 9.15. The third kappa shape index (κ3) is 2.64. The second-order valence-electron chi connectivity index (χ2n) is 8.39. The van der Waals surface area contributed by atoms with E-state index in [0.717, 1.165) is 44.1 Å². The van der Waals surface area contributed by atoms with Crippen molar-refractivity contribution in [3.05, 3.63) is 23.8 Å². The summed E-state index contributed by atoms with van der Waals surface area (Å²) in [6.45, 7) is 9.07. The summed E-state index contributed by atoms with van der Waals surface area (Å²) in [5.41, 5.74) is 1.62. The van der Waals surface area contributed by atoms with Crippen LogP contribution in [-0.4, -0.2) is 35.5 Å². The summed E-state index contributed by atoms with van der Waals surface area (Å²) in [6.07, 6.45) is 6.64.